The van der Waals surface area contributed by atoms with Crippen molar-refractivity contribution in [2.75, 3.05) is 0 Å². The molecule has 0 N–H and O–H groups in total. The number of aromatic nitrogens is 6. The van der Waals surface area contributed by atoms with Gasteiger partial charge in [-0.05, 0) is 0 Å². The monoisotopic (exact) mass is 818 g/mol. The van der Waals surface area contributed by atoms with Crippen LogP contribution in [0.5, 0.6) is 0 Å². The van der Waals surface area contributed by atoms with Gasteiger partial charge in [0.1, 0.15) is 0 Å². The minimum Gasteiger partial charge on any atom is -0.209 e. The molecule has 0 radical (unpaired) electrons. The van der Waals surface area contributed by atoms with E-state index in [1.165, 1.54) is 0 Å². The van der Waals surface area contributed by atoms with Crippen molar-refractivity contribution in [3.8, 4) is 11.4 Å². The topological polar surface area (TPSA) is 77.3 Å². The summed E-state index contributed by atoms with van der Waals surface area (Å²) < 4.78 is -9.66. The fraction of sp³-hybridized carbons (Fsp3) is 0.294. The Hall–Kier alpha value is 1.59. The maximum atomic E-state index is 5.79. The second kappa shape index (κ2) is 13.5. The van der Waals surface area contributed by atoms with Crippen LogP contribution >= 0.6 is 174 Å². The first-order valence-electron chi connectivity index (χ1n) is 8.93. The van der Waals surface area contributed by atoms with Gasteiger partial charge in [0.2, 0.25) is 19.0 Å². The Morgan fingerprint density at radius 2 is 0.579 bits per heavy atom. The summed E-state index contributed by atoms with van der Waals surface area (Å²) in [5.41, 5.74) is 0.681. The molecule has 0 spiro atoms. The third-order valence-corrected chi connectivity index (χ3v) is 6.11. The summed E-state index contributed by atoms with van der Waals surface area (Å²) in [6.45, 7) is 0. The molecule has 2 heterocycles. The van der Waals surface area contributed by atoms with Crippen molar-refractivity contribution in [2.45, 2.75) is 19.0 Å². The Kier molecular flexibility index (Phi) is 12.7. The number of alkyl halides is 15. The average Bonchev–Trinajstić information content (AvgIpc) is 2.76. The molecule has 0 unspecified atom stereocenters. The summed E-state index contributed by atoms with van der Waals surface area (Å²) in [7, 11) is 0. The van der Waals surface area contributed by atoms with Gasteiger partial charge in [0.15, 0.2) is 34.9 Å². The zero-order valence-corrected chi connectivity index (χ0v) is 28.6. The molecule has 3 aromatic rings. The van der Waals surface area contributed by atoms with Crippen LogP contribution in [0.4, 0.5) is 0 Å². The molecule has 0 aliphatic heterocycles. The first kappa shape index (κ1) is 35.8. The Bertz CT molecular complexity index is 1130. The fourth-order valence-electron chi connectivity index (χ4n) is 2.10. The summed E-state index contributed by atoms with van der Waals surface area (Å²) in [6, 6.07) is 9.02. The van der Waals surface area contributed by atoms with E-state index < -0.39 is 19.0 Å². The van der Waals surface area contributed by atoms with Gasteiger partial charge in [-0.15, -0.1) is 0 Å². The standard InChI is InChI=1S/C11H5Cl6N3.C6Cl9N3/c12-10(13,14)8-18-7(6-4-2-1-3-5-6)19-9(20-8)11(15,16)17;7-4(8,9)1-16-2(5(10,11)12)18-3(17-1)6(13,14)15/h1-5H;. The molecule has 0 aliphatic carbocycles. The van der Waals surface area contributed by atoms with Crippen molar-refractivity contribution in [2.24, 2.45) is 0 Å². The molecular weight excluding hydrogens is 820 g/mol. The van der Waals surface area contributed by atoms with E-state index in [1.54, 1.807) is 12.1 Å². The van der Waals surface area contributed by atoms with E-state index in [0.29, 0.717) is 5.56 Å². The Labute approximate surface area is 290 Å². The third kappa shape index (κ3) is 11.0. The molecule has 0 fully saturated rings. The molecule has 2 aromatic heterocycles. The summed E-state index contributed by atoms with van der Waals surface area (Å²) in [5.74, 6) is -0.959. The Morgan fingerprint density at radius 1 is 0.342 bits per heavy atom. The van der Waals surface area contributed by atoms with Crippen molar-refractivity contribution in [3.05, 3.63) is 59.5 Å². The molecular formula is C17H5Cl15N6. The second-order valence-corrected chi connectivity index (χ2v) is 17.9. The molecule has 208 valence electrons. The number of halogens is 15. The van der Waals surface area contributed by atoms with Gasteiger partial charge >= 0.3 is 0 Å². The molecule has 6 nitrogen and oxygen atoms in total. The van der Waals surface area contributed by atoms with Crippen molar-refractivity contribution in [1.29, 1.82) is 0 Å². The number of rotatable bonds is 1. The van der Waals surface area contributed by atoms with Crippen LogP contribution in [0.2, 0.25) is 0 Å². The van der Waals surface area contributed by atoms with Gasteiger partial charge in [-0.3, -0.25) is 0 Å². The van der Waals surface area contributed by atoms with E-state index in [4.69, 9.17) is 174 Å². The van der Waals surface area contributed by atoms with Crippen LogP contribution in [-0.2, 0) is 19.0 Å². The van der Waals surface area contributed by atoms with E-state index >= 15 is 0 Å². The molecule has 0 aliphatic rings. The van der Waals surface area contributed by atoms with Crippen molar-refractivity contribution >= 4 is 174 Å². The van der Waals surface area contributed by atoms with Gasteiger partial charge in [0.25, 0.3) is 0 Å². The van der Waals surface area contributed by atoms with Crippen LogP contribution in [0.1, 0.15) is 29.1 Å². The van der Waals surface area contributed by atoms with Crippen LogP contribution in [0.25, 0.3) is 11.4 Å². The normalized spacial score (nSPS) is 13.1. The number of hydrogen-bond acceptors (Lipinski definition) is 6. The summed E-state index contributed by atoms with van der Waals surface area (Å²) in [6.07, 6.45) is 0. The van der Waals surface area contributed by atoms with Gasteiger partial charge in [0.05, 0.1) is 0 Å². The maximum absolute atomic E-state index is 5.79. The van der Waals surface area contributed by atoms with Gasteiger partial charge in [-0.2, -0.15) is 0 Å². The fourth-order valence-corrected chi connectivity index (χ4v) is 3.37. The van der Waals surface area contributed by atoms with Crippen LogP contribution in [-0.4, -0.2) is 29.9 Å². The summed E-state index contributed by atoms with van der Waals surface area (Å²) >= 11 is 85.3. The van der Waals surface area contributed by atoms with E-state index in [-0.39, 0.29) is 34.9 Å². The van der Waals surface area contributed by atoms with Crippen molar-refractivity contribution in [3.63, 3.8) is 0 Å². The minimum absolute atomic E-state index is 0.113. The third-order valence-electron chi connectivity index (χ3n) is 3.57. The zero-order chi connectivity index (χ0) is 29.3. The SMILES string of the molecule is ClC(Cl)(Cl)c1nc(-c2ccccc2)nc(C(Cl)(Cl)Cl)n1.ClC(Cl)(Cl)c1nc(C(Cl)(Cl)Cl)nc(C(Cl)(Cl)Cl)n1. The maximum Gasteiger partial charge on any atom is 0.250 e. The number of benzene rings is 1. The van der Waals surface area contributed by atoms with Gasteiger partial charge in [0, 0.05) is 5.56 Å². The van der Waals surface area contributed by atoms with Crippen LogP contribution in [0.3, 0.4) is 0 Å². The van der Waals surface area contributed by atoms with Crippen LogP contribution in [0, 0.1) is 0 Å². The zero-order valence-electron chi connectivity index (χ0n) is 17.2. The lowest BCUT2D eigenvalue weighted by atomic mass is 10.2. The molecule has 0 atom stereocenters. The highest BCUT2D eigenvalue weighted by molar-refractivity contribution is 6.68. The number of hydrogen-bond donors (Lipinski definition) is 0. The molecule has 3 rings (SSSR count). The average molecular weight is 825 g/mol. The van der Waals surface area contributed by atoms with E-state index in [9.17, 15) is 0 Å². The van der Waals surface area contributed by atoms with Gasteiger partial charge < -0.3 is 0 Å². The van der Waals surface area contributed by atoms with Gasteiger partial charge in [-0.1, -0.05) is 204 Å². The quantitative estimate of drug-likeness (QED) is 0.228. The molecule has 0 amide bonds. The molecule has 1 aromatic carbocycles. The summed E-state index contributed by atoms with van der Waals surface area (Å²) in [4.78, 5) is 23.2. The predicted molar refractivity (Wildman–Crippen MR) is 161 cm³/mol. The highest BCUT2D eigenvalue weighted by atomic mass is 35.6. The van der Waals surface area contributed by atoms with E-state index in [0.717, 1.165) is 0 Å². The first-order valence-corrected chi connectivity index (χ1v) is 14.6. The minimum atomic E-state index is -1.99. The molecule has 0 saturated heterocycles. The smallest absolute Gasteiger partial charge is 0.209 e. The van der Waals surface area contributed by atoms with E-state index in [1.807, 2.05) is 18.2 Å². The van der Waals surface area contributed by atoms with Gasteiger partial charge in [-0.25, -0.2) is 29.9 Å². The second-order valence-electron chi connectivity index (χ2n) is 6.47. The van der Waals surface area contributed by atoms with Crippen molar-refractivity contribution < 1.29 is 0 Å². The molecule has 0 bridgehead atoms. The lowest BCUT2D eigenvalue weighted by molar-refractivity contribution is 0.789. The predicted octanol–water partition coefficient (Wildman–Crippen LogP) is 10.5. The van der Waals surface area contributed by atoms with E-state index in [2.05, 4.69) is 29.9 Å². The summed E-state index contributed by atoms with van der Waals surface area (Å²) in [5, 5.41) is 0. The molecule has 38 heavy (non-hydrogen) atoms. The Balaban J connectivity index is 0.000000269. The Morgan fingerprint density at radius 3 is 0.816 bits per heavy atom. The largest absolute Gasteiger partial charge is 0.250 e. The number of nitrogens with zero attached hydrogens (tertiary/aromatic N) is 6. The highest BCUT2D eigenvalue weighted by Gasteiger charge is 2.38. The van der Waals surface area contributed by atoms with Crippen molar-refractivity contribution in [1.82, 2.24) is 29.9 Å². The highest BCUT2D eigenvalue weighted by Crippen LogP contribution is 2.43. The lowest BCUT2D eigenvalue weighted by Crippen LogP contribution is -2.21. The van der Waals surface area contributed by atoms with Crippen LogP contribution in [0.15, 0.2) is 30.3 Å². The lowest BCUT2D eigenvalue weighted by Gasteiger charge is -2.17. The van der Waals surface area contributed by atoms with Crippen LogP contribution < -0.4 is 0 Å². The molecule has 21 heteroatoms. The first-order chi connectivity index (χ1) is 17.0. The molecule has 0 saturated carbocycles.